The number of phenolic OH excluding ortho intramolecular Hbond substituents is 1. The topological polar surface area (TPSA) is 146 Å². The van der Waals surface area contributed by atoms with Gasteiger partial charge in [-0.3, -0.25) is 19.3 Å². The number of aromatic hydroxyl groups is 1. The molecule has 5 N–H and O–H groups in total. The molecular formula is C27H35N3O7. The molecule has 200 valence electrons. The van der Waals surface area contributed by atoms with Gasteiger partial charge in [-0.15, -0.1) is 0 Å². The molecule has 1 aromatic carbocycles. The molecule has 4 aliphatic rings. The van der Waals surface area contributed by atoms with Gasteiger partial charge in [0.1, 0.15) is 22.9 Å². The van der Waals surface area contributed by atoms with Gasteiger partial charge in [0.15, 0.2) is 5.78 Å². The lowest BCUT2D eigenvalue weighted by atomic mass is 9.58. The monoisotopic (exact) mass is 513 g/mol. The largest absolute Gasteiger partial charge is 0.510 e. The third kappa shape index (κ3) is 3.94. The van der Waals surface area contributed by atoms with E-state index < -0.39 is 29.3 Å². The van der Waals surface area contributed by atoms with E-state index in [1.165, 1.54) is 13.2 Å². The highest BCUT2D eigenvalue weighted by molar-refractivity contribution is 6.13. The van der Waals surface area contributed by atoms with Crippen LogP contribution >= 0.6 is 0 Å². The molecule has 0 radical (unpaired) electrons. The van der Waals surface area contributed by atoms with Gasteiger partial charge in [-0.1, -0.05) is 6.07 Å². The lowest BCUT2D eigenvalue weighted by Crippen LogP contribution is -2.60. The number of aliphatic hydroxyl groups excluding tert-OH is 2. The molecule has 1 fully saturated rings. The van der Waals surface area contributed by atoms with E-state index in [-0.39, 0.29) is 46.3 Å². The number of fused-ring (bicyclic) bond motifs is 3. The summed E-state index contributed by atoms with van der Waals surface area (Å²) in [5.41, 5.74) is 6.17. The number of aliphatic hydroxyl groups is 2. The van der Waals surface area contributed by atoms with Gasteiger partial charge >= 0.3 is 0 Å². The van der Waals surface area contributed by atoms with Crippen molar-refractivity contribution in [3.05, 3.63) is 51.5 Å². The Kier molecular flexibility index (Phi) is 6.56. The summed E-state index contributed by atoms with van der Waals surface area (Å²) in [6.45, 7) is 1.93. The number of benzene rings is 1. The molecule has 0 saturated carbocycles. The van der Waals surface area contributed by atoms with E-state index in [4.69, 9.17) is 15.3 Å². The Hall–Kier alpha value is -2.92. The standard InChI is InChI=1S/C27H35N3O7/c1-29(2)22-18-11-15-10-16-14(13-30-8-4-5-9-37-30)6-7-19(31)21(16)24(33)20(15)25(34)27(18,36-3)12-17(23(22)32)26(28)35/h6-7,15,18,22,31-32,34H,4-5,8-13H2,1-3H3,(H2,28,35)/t15-,18-,22-,27-/m0/s1. The number of ether oxygens (including phenoxy) is 1. The normalized spacial score (nSPS) is 30.3. The molecule has 37 heavy (non-hydrogen) atoms. The van der Waals surface area contributed by atoms with E-state index >= 15 is 0 Å². The fraction of sp³-hybridized carbons (Fsp3) is 0.556. The van der Waals surface area contributed by atoms with Gasteiger partial charge in [0.05, 0.1) is 23.8 Å². The number of allylic oxidation sites excluding steroid dienone is 1. The van der Waals surface area contributed by atoms with E-state index in [2.05, 4.69) is 0 Å². The van der Waals surface area contributed by atoms with Crippen LogP contribution < -0.4 is 5.73 Å². The van der Waals surface area contributed by atoms with Crippen molar-refractivity contribution in [2.45, 2.75) is 50.3 Å². The van der Waals surface area contributed by atoms with Crippen molar-refractivity contribution in [2.75, 3.05) is 34.4 Å². The number of primary amides is 1. The number of ketones is 1. The molecule has 1 amide bonds. The zero-order valence-electron chi connectivity index (χ0n) is 21.5. The second kappa shape index (κ2) is 9.43. The summed E-state index contributed by atoms with van der Waals surface area (Å²) in [4.78, 5) is 33.7. The average molecular weight is 514 g/mol. The van der Waals surface area contributed by atoms with Crippen LogP contribution in [0.5, 0.6) is 5.75 Å². The van der Waals surface area contributed by atoms with Crippen LogP contribution in [0, 0.1) is 11.8 Å². The zero-order valence-corrected chi connectivity index (χ0v) is 21.5. The van der Waals surface area contributed by atoms with Gasteiger partial charge in [-0.2, -0.15) is 5.06 Å². The van der Waals surface area contributed by atoms with E-state index in [0.717, 1.165) is 30.5 Å². The first-order valence-corrected chi connectivity index (χ1v) is 12.7. The highest BCUT2D eigenvalue weighted by Gasteiger charge is 2.59. The van der Waals surface area contributed by atoms with Crippen LogP contribution in [0.15, 0.2) is 34.8 Å². The van der Waals surface area contributed by atoms with E-state index in [0.29, 0.717) is 26.0 Å². The molecule has 5 rings (SSSR count). The number of amides is 1. The smallest absolute Gasteiger partial charge is 0.248 e. The van der Waals surface area contributed by atoms with Crippen LogP contribution in [0.25, 0.3) is 0 Å². The van der Waals surface area contributed by atoms with Crippen LogP contribution in [0.3, 0.4) is 0 Å². The number of hydrogen-bond acceptors (Lipinski definition) is 9. The van der Waals surface area contributed by atoms with Gasteiger partial charge in [-0.05, 0) is 62.9 Å². The zero-order chi connectivity index (χ0) is 26.6. The van der Waals surface area contributed by atoms with Gasteiger partial charge < -0.3 is 25.8 Å². The first kappa shape index (κ1) is 25.7. The Bertz CT molecular complexity index is 1200. The number of rotatable bonds is 5. The number of Topliss-reactive ketones (excluding diaryl/α,β-unsaturated/α-hetero) is 1. The molecule has 1 saturated heterocycles. The molecule has 1 aliphatic heterocycles. The Morgan fingerprint density at radius 3 is 2.65 bits per heavy atom. The van der Waals surface area contributed by atoms with Crippen molar-refractivity contribution in [1.29, 1.82) is 0 Å². The summed E-state index contributed by atoms with van der Waals surface area (Å²) >= 11 is 0. The number of carbonyl (C=O) groups excluding carboxylic acids is 2. The molecule has 0 spiro atoms. The number of likely N-dealkylation sites (N-methyl/N-ethyl adjacent to an activating group) is 1. The Balaban J connectivity index is 1.62. The highest BCUT2D eigenvalue weighted by atomic mass is 16.7. The lowest BCUT2D eigenvalue weighted by Gasteiger charge is -2.53. The minimum Gasteiger partial charge on any atom is -0.510 e. The van der Waals surface area contributed by atoms with E-state index in [9.17, 15) is 24.9 Å². The minimum atomic E-state index is -1.42. The molecular weight excluding hydrogens is 478 g/mol. The number of nitrogens with two attached hydrogens (primary N) is 1. The maximum absolute atomic E-state index is 13.9. The predicted molar refractivity (Wildman–Crippen MR) is 134 cm³/mol. The maximum atomic E-state index is 13.9. The molecule has 1 aromatic rings. The van der Waals surface area contributed by atoms with E-state index in [1.807, 2.05) is 11.1 Å². The lowest BCUT2D eigenvalue weighted by molar-refractivity contribution is -0.187. The van der Waals surface area contributed by atoms with Gasteiger partial charge in [-0.25, -0.2) is 0 Å². The van der Waals surface area contributed by atoms with Crippen molar-refractivity contribution in [2.24, 2.45) is 17.6 Å². The summed E-state index contributed by atoms with van der Waals surface area (Å²) in [7, 11) is 4.97. The van der Waals surface area contributed by atoms with Crippen LogP contribution in [-0.2, 0) is 27.3 Å². The van der Waals surface area contributed by atoms with Crippen LogP contribution in [-0.4, -0.2) is 83.0 Å². The average Bonchev–Trinajstić information content (AvgIpc) is 2.85. The minimum absolute atomic E-state index is 0.0299. The number of methoxy groups -OCH3 is 1. The van der Waals surface area contributed by atoms with E-state index in [1.54, 1.807) is 19.0 Å². The molecule has 0 bridgehead atoms. The second-order valence-corrected chi connectivity index (χ2v) is 10.7. The third-order valence-electron chi connectivity index (χ3n) is 8.56. The van der Waals surface area contributed by atoms with Crippen molar-refractivity contribution >= 4 is 11.7 Å². The number of carbonyl (C=O) groups is 2. The SMILES string of the molecule is CO[C@@]12CC(C(N)=O)=C(O)[C@@H](N(C)C)[C@@H]1C[C@@H]1Cc3c(CN4CCCCO4)ccc(O)c3C(=O)C1=C2O. The fourth-order valence-electron chi connectivity index (χ4n) is 6.81. The Morgan fingerprint density at radius 2 is 2.03 bits per heavy atom. The Morgan fingerprint density at radius 1 is 1.27 bits per heavy atom. The number of nitrogens with zero attached hydrogens (tertiary/aromatic N) is 2. The predicted octanol–water partition coefficient (Wildman–Crippen LogP) is 2.12. The summed E-state index contributed by atoms with van der Waals surface area (Å²) in [5, 5.41) is 35.4. The number of hydrogen-bond donors (Lipinski definition) is 4. The first-order chi connectivity index (χ1) is 17.6. The molecule has 10 nitrogen and oxygen atoms in total. The van der Waals surface area contributed by atoms with Gasteiger partial charge in [0, 0.05) is 38.1 Å². The molecule has 3 aliphatic carbocycles. The quantitative estimate of drug-likeness (QED) is 0.465. The van der Waals surface area contributed by atoms with Crippen molar-refractivity contribution in [3.8, 4) is 5.75 Å². The second-order valence-electron chi connectivity index (χ2n) is 10.7. The molecule has 0 unspecified atom stereocenters. The van der Waals surface area contributed by atoms with Crippen molar-refractivity contribution in [3.63, 3.8) is 0 Å². The Labute approximate surface area is 215 Å². The molecule has 4 atom stereocenters. The highest BCUT2D eigenvalue weighted by Crippen LogP contribution is 2.55. The number of hydroxylamine groups is 2. The summed E-state index contributed by atoms with van der Waals surface area (Å²) in [6.07, 6.45) is 2.74. The van der Waals surface area contributed by atoms with Crippen LogP contribution in [0.2, 0.25) is 0 Å². The van der Waals surface area contributed by atoms with Crippen LogP contribution in [0.4, 0.5) is 0 Å². The van der Waals surface area contributed by atoms with Gasteiger partial charge in [0.25, 0.3) is 0 Å². The number of phenols is 1. The first-order valence-electron chi connectivity index (χ1n) is 12.7. The van der Waals surface area contributed by atoms with Crippen molar-refractivity contribution in [1.82, 2.24) is 9.96 Å². The molecule has 10 heteroatoms. The third-order valence-corrected chi connectivity index (χ3v) is 8.56. The summed E-state index contributed by atoms with van der Waals surface area (Å²) < 4.78 is 5.92. The molecule has 0 aromatic heterocycles. The maximum Gasteiger partial charge on any atom is 0.248 e. The summed E-state index contributed by atoms with van der Waals surface area (Å²) in [6, 6.07) is 2.69. The van der Waals surface area contributed by atoms with Crippen molar-refractivity contribution < 1.29 is 34.5 Å². The summed E-state index contributed by atoms with van der Waals surface area (Å²) in [5.74, 6) is -2.59. The van der Waals surface area contributed by atoms with Gasteiger partial charge in [0.2, 0.25) is 5.91 Å². The van der Waals surface area contributed by atoms with Crippen LogP contribution in [0.1, 0.15) is 47.2 Å². The fourth-order valence-corrected chi connectivity index (χ4v) is 6.81. The molecule has 1 heterocycles.